The lowest BCUT2D eigenvalue weighted by Crippen LogP contribution is -2.30. The normalized spacial score (nSPS) is 12.5. The average molecular weight is 300 g/mol. The van der Waals surface area contributed by atoms with Crippen LogP contribution in [0.25, 0.3) is 0 Å². The van der Waals surface area contributed by atoms with Crippen molar-refractivity contribution >= 4 is 17.5 Å². The number of halogens is 1. The van der Waals surface area contributed by atoms with Gasteiger partial charge in [-0.3, -0.25) is 4.79 Å². The van der Waals surface area contributed by atoms with E-state index in [0.29, 0.717) is 18.8 Å². The highest BCUT2D eigenvalue weighted by atomic mass is 35.5. The molecule has 1 unspecified atom stereocenters. The highest BCUT2D eigenvalue weighted by Gasteiger charge is 2.16. The SMILES string of the molecule is CCC(CCO)CNC(=O)c1nc(C(C)C)ncc1Cl. The Bertz CT molecular complexity index is 452. The van der Waals surface area contributed by atoms with E-state index in [2.05, 4.69) is 15.3 Å². The number of nitrogens with one attached hydrogen (secondary N) is 1. The van der Waals surface area contributed by atoms with Gasteiger partial charge in [-0.2, -0.15) is 0 Å². The third kappa shape index (κ3) is 4.72. The van der Waals surface area contributed by atoms with E-state index in [9.17, 15) is 4.79 Å². The van der Waals surface area contributed by atoms with E-state index in [1.54, 1.807) is 0 Å². The predicted octanol–water partition coefficient (Wildman–Crippen LogP) is 2.39. The summed E-state index contributed by atoms with van der Waals surface area (Å²) in [6.45, 7) is 6.58. The fraction of sp³-hybridized carbons (Fsp3) is 0.643. The van der Waals surface area contributed by atoms with Crippen LogP contribution in [0.15, 0.2) is 6.20 Å². The van der Waals surface area contributed by atoms with Crippen molar-refractivity contribution in [2.24, 2.45) is 5.92 Å². The molecule has 0 bridgehead atoms. The number of aliphatic hydroxyl groups is 1. The quantitative estimate of drug-likeness (QED) is 0.810. The average Bonchev–Trinajstić information content (AvgIpc) is 2.43. The van der Waals surface area contributed by atoms with Crippen molar-refractivity contribution < 1.29 is 9.90 Å². The Morgan fingerprint density at radius 1 is 1.50 bits per heavy atom. The molecule has 2 N–H and O–H groups in total. The molecule has 0 saturated heterocycles. The molecule has 0 fully saturated rings. The lowest BCUT2D eigenvalue weighted by Gasteiger charge is -2.14. The molecule has 1 heterocycles. The van der Waals surface area contributed by atoms with Gasteiger partial charge in [0.25, 0.3) is 5.91 Å². The molecule has 0 radical (unpaired) electrons. The Morgan fingerprint density at radius 3 is 2.75 bits per heavy atom. The van der Waals surface area contributed by atoms with Gasteiger partial charge in [-0.25, -0.2) is 9.97 Å². The van der Waals surface area contributed by atoms with Crippen molar-refractivity contribution in [3.63, 3.8) is 0 Å². The standard InChI is InChI=1S/C14H22ClN3O2/c1-4-10(5-6-19)7-17-14(20)12-11(15)8-16-13(18-12)9(2)3/h8-10,19H,4-7H2,1-3H3,(H,17,20). The van der Waals surface area contributed by atoms with Crippen molar-refractivity contribution in [1.29, 1.82) is 0 Å². The van der Waals surface area contributed by atoms with Crippen LogP contribution in [-0.4, -0.2) is 34.1 Å². The molecule has 0 aliphatic rings. The van der Waals surface area contributed by atoms with E-state index in [-0.39, 0.29) is 35.1 Å². The van der Waals surface area contributed by atoms with E-state index in [0.717, 1.165) is 6.42 Å². The van der Waals surface area contributed by atoms with Gasteiger partial charge in [0.05, 0.1) is 11.2 Å². The van der Waals surface area contributed by atoms with Gasteiger partial charge in [0, 0.05) is 19.1 Å². The summed E-state index contributed by atoms with van der Waals surface area (Å²) < 4.78 is 0. The van der Waals surface area contributed by atoms with Crippen LogP contribution in [0.4, 0.5) is 0 Å². The Labute approximate surface area is 124 Å². The first kappa shape index (κ1) is 16.9. The van der Waals surface area contributed by atoms with Crippen LogP contribution in [0.3, 0.4) is 0 Å². The first-order chi connectivity index (χ1) is 9.49. The maximum absolute atomic E-state index is 12.1. The summed E-state index contributed by atoms with van der Waals surface area (Å²) in [5.41, 5.74) is 0.212. The minimum absolute atomic E-state index is 0.125. The molecule has 0 saturated carbocycles. The second-order valence-corrected chi connectivity index (χ2v) is 5.48. The monoisotopic (exact) mass is 299 g/mol. The van der Waals surface area contributed by atoms with Gasteiger partial charge >= 0.3 is 0 Å². The zero-order chi connectivity index (χ0) is 15.1. The van der Waals surface area contributed by atoms with Crippen LogP contribution in [0.2, 0.25) is 5.02 Å². The van der Waals surface area contributed by atoms with Crippen molar-refractivity contribution in [1.82, 2.24) is 15.3 Å². The molecule has 6 heteroatoms. The summed E-state index contributed by atoms with van der Waals surface area (Å²) in [6.07, 6.45) is 3.03. The molecule has 1 amide bonds. The van der Waals surface area contributed by atoms with Gasteiger partial charge in [0.2, 0.25) is 0 Å². The van der Waals surface area contributed by atoms with Crippen molar-refractivity contribution in [3.05, 3.63) is 22.7 Å². The van der Waals surface area contributed by atoms with Crippen LogP contribution in [-0.2, 0) is 0 Å². The number of hydrogen-bond donors (Lipinski definition) is 2. The Hall–Kier alpha value is -1.20. The van der Waals surface area contributed by atoms with E-state index in [1.807, 2.05) is 20.8 Å². The van der Waals surface area contributed by atoms with Crippen LogP contribution in [0, 0.1) is 5.92 Å². The molecule has 1 atom stereocenters. The van der Waals surface area contributed by atoms with Gasteiger partial charge in [0.15, 0.2) is 0 Å². The van der Waals surface area contributed by atoms with Crippen LogP contribution in [0.1, 0.15) is 55.8 Å². The van der Waals surface area contributed by atoms with E-state index < -0.39 is 0 Å². The van der Waals surface area contributed by atoms with E-state index >= 15 is 0 Å². The number of carbonyl (C=O) groups excluding carboxylic acids is 1. The highest BCUT2D eigenvalue weighted by molar-refractivity contribution is 6.33. The molecule has 1 aromatic heterocycles. The number of aliphatic hydroxyl groups excluding tert-OH is 1. The number of nitrogens with zero attached hydrogens (tertiary/aromatic N) is 2. The first-order valence-corrected chi connectivity index (χ1v) is 7.28. The molecule has 1 rings (SSSR count). The highest BCUT2D eigenvalue weighted by Crippen LogP contribution is 2.16. The second-order valence-electron chi connectivity index (χ2n) is 5.08. The zero-order valence-electron chi connectivity index (χ0n) is 12.2. The first-order valence-electron chi connectivity index (χ1n) is 6.91. The molecule has 0 aliphatic heterocycles. The number of aromatic nitrogens is 2. The number of carbonyl (C=O) groups is 1. The largest absolute Gasteiger partial charge is 0.396 e. The maximum Gasteiger partial charge on any atom is 0.271 e. The lowest BCUT2D eigenvalue weighted by molar-refractivity contribution is 0.0938. The molecule has 5 nitrogen and oxygen atoms in total. The summed E-state index contributed by atoms with van der Waals surface area (Å²) in [4.78, 5) is 20.4. The van der Waals surface area contributed by atoms with Crippen LogP contribution < -0.4 is 5.32 Å². The molecule has 0 spiro atoms. The van der Waals surface area contributed by atoms with Gasteiger partial charge in [-0.15, -0.1) is 0 Å². The maximum atomic E-state index is 12.1. The van der Waals surface area contributed by atoms with Crippen LogP contribution >= 0.6 is 11.6 Å². The smallest absolute Gasteiger partial charge is 0.271 e. The summed E-state index contributed by atoms with van der Waals surface area (Å²) >= 11 is 5.98. The fourth-order valence-corrected chi connectivity index (χ4v) is 1.95. The fourth-order valence-electron chi connectivity index (χ4n) is 1.77. The molecule has 0 aliphatic carbocycles. The second kappa shape index (κ2) is 8.17. The molecular formula is C14H22ClN3O2. The third-order valence-corrected chi connectivity index (χ3v) is 3.44. The number of rotatable bonds is 7. The van der Waals surface area contributed by atoms with E-state index in [4.69, 9.17) is 16.7 Å². The minimum Gasteiger partial charge on any atom is -0.396 e. The topological polar surface area (TPSA) is 75.1 Å². The van der Waals surface area contributed by atoms with Gasteiger partial charge in [-0.1, -0.05) is 38.8 Å². The van der Waals surface area contributed by atoms with Crippen molar-refractivity contribution in [3.8, 4) is 0 Å². The predicted molar refractivity (Wildman–Crippen MR) is 78.9 cm³/mol. The number of hydrogen-bond acceptors (Lipinski definition) is 4. The third-order valence-electron chi connectivity index (χ3n) is 3.16. The van der Waals surface area contributed by atoms with E-state index in [1.165, 1.54) is 6.20 Å². The summed E-state index contributed by atoms with van der Waals surface area (Å²) in [5.74, 6) is 0.698. The summed E-state index contributed by atoms with van der Waals surface area (Å²) in [5, 5.41) is 12.0. The van der Waals surface area contributed by atoms with Gasteiger partial charge in [0.1, 0.15) is 11.5 Å². The Kier molecular flexibility index (Phi) is 6.88. The summed E-state index contributed by atoms with van der Waals surface area (Å²) in [7, 11) is 0. The zero-order valence-corrected chi connectivity index (χ0v) is 12.9. The Balaban J connectivity index is 2.74. The number of amides is 1. The molecule has 20 heavy (non-hydrogen) atoms. The van der Waals surface area contributed by atoms with Crippen LogP contribution in [0.5, 0.6) is 0 Å². The lowest BCUT2D eigenvalue weighted by atomic mass is 10.0. The van der Waals surface area contributed by atoms with Gasteiger partial charge < -0.3 is 10.4 Å². The van der Waals surface area contributed by atoms with Crippen molar-refractivity contribution in [2.45, 2.75) is 39.5 Å². The molecule has 112 valence electrons. The van der Waals surface area contributed by atoms with Gasteiger partial charge in [-0.05, 0) is 12.3 Å². The molecular weight excluding hydrogens is 278 g/mol. The van der Waals surface area contributed by atoms with Crippen molar-refractivity contribution in [2.75, 3.05) is 13.2 Å². The summed E-state index contributed by atoms with van der Waals surface area (Å²) in [6, 6.07) is 0. The Morgan fingerprint density at radius 2 is 2.20 bits per heavy atom. The molecule has 1 aromatic rings. The minimum atomic E-state index is -0.296. The molecule has 0 aromatic carbocycles.